The van der Waals surface area contributed by atoms with Gasteiger partial charge in [-0.05, 0) is 17.7 Å². The lowest BCUT2D eigenvalue weighted by atomic mass is 10.0. The maximum absolute atomic E-state index is 12.5. The summed E-state index contributed by atoms with van der Waals surface area (Å²) in [5.74, 6) is -1.41. The Labute approximate surface area is 161 Å². The van der Waals surface area contributed by atoms with Gasteiger partial charge in [0.05, 0.1) is 25.4 Å². The molecular weight excluding hydrogens is 368 g/mol. The Hall–Kier alpha value is -3.12. The van der Waals surface area contributed by atoms with E-state index < -0.39 is 11.9 Å². The Morgan fingerprint density at radius 1 is 1.00 bits per heavy atom. The van der Waals surface area contributed by atoms with Crippen molar-refractivity contribution < 1.29 is 19.1 Å². The van der Waals surface area contributed by atoms with Crippen molar-refractivity contribution in [2.75, 3.05) is 19.5 Å². The number of para-hydroxylation sites is 1. The van der Waals surface area contributed by atoms with E-state index in [0.29, 0.717) is 28.2 Å². The molecule has 1 N–H and O–H groups in total. The lowest BCUT2D eigenvalue weighted by Gasteiger charge is -2.16. The van der Waals surface area contributed by atoms with Crippen LogP contribution in [0.25, 0.3) is 10.9 Å². The molecule has 7 heteroatoms. The molecule has 0 aliphatic carbocycles. The number of nitrogens with one attached hydrogen (secondary N) is 1. The molecule has 0 spiro atoms. The molecule has 0 fully saturated rings. The normalized spacial score (nSPS) is 10.5. The van der Waals surface area contributed by atoms with E-state index in [2.05, 4.69) is 10.3 Å². The van der Waals surface area contributed by atoms with Crippen LogP contribution in [0.3, 0.4) is 0 Å². The van der Waals surface area contributed by atoms with Crippen molar-refractivity contribution in [3.8, 4) is 0 Å². The minimum absolute atomic E-state index is 0.0232. The number of halogens is 1. The zero-order valence-electron chi connectivity index (χ0n) is 14.8. The third-order valence-electron chi connectivity index (χ3n) is 4.07. The summed E-state index contributed by atoms with van der Waals surface area (Å²) in [4.78, 5) is 29.0. The molecule has 0 bridgehead atoms. The quantitative estimate of drug-likeness (QED) is 0.668. The van der Waals surface area contributed by atoms with Gasteiger partial charge >= 0.3 is 11.9 Å². The molecule has 1 aromatic heterocycles. The van der Waals surface area contributed by atoms with Crippen LogP contribution in [0.5, 0.6) is 0 Å². The van der Waals surface area contributed by atoms with Crippen molar-refractivity contribution in [1.82, 2.24) is 4.98 Å². The molecule has 138 valence electrons. The number of methoxy groups -OCH3 is 2. The molecule has 0 aliphatic rings. The number of hydrogen-bond donors (Lipinski definition) is 1. The van der Waals surface area contributed by atoms with Crippen molar-refractivity contribution >= 4 is 40.1 Å². The number of pyridine rings is 1. The lowest BCUT2D eigenvalue weighted by molar-refractivity contribution is 0.0551. The Bertz CT molecular complexity index is 1020. The average molecular weight is 385 g/mol. The van der Waals surface area contributed by atoms with Gasteiger partial charge in [-0.15, -0.1) is 0 Å². The number of carbonyl (C=O) groups excluding carboxylic acids is 2. The number of esters is 2. The predicted molar refractivity (Wildman–Crippen MR) is 103 cm³/mol. The summed E-state index contributed by atoms with van der Waals surface area (Å²) in [6.45, 7) is 0.346. The summed E-state index contributed by atoms with van der Waals surface area (Å²) in [5, 5.41) is 4.49. The van der Waals surface area contributed by atoms with Gasteiger partial charge in [0.2, 0.25) is 0 Å². The first kappa shape index (κ1) is 18.7. The zero-order valence-corrected chi connectivity index (χ0v) is 15.5. The van der Waals surface area contributed by atoms with Gasteiger partial charge in [0, 0.05) is 17.0 Å². The number of rotatable bonds is 5. The average Bonchev–Trinajstić information content (AvgIpc) is 2.71. The first-order valence-electron chi connectivity index (χ1n) is 8.13. The van der Waals surface area contributed by atoms with Crippen LogP contribution in [0.15, 0.2) is 48.5 Å². The highest BCUT2D eigenvalue weighted by Crippen LogP contribution is 2.31. The highest BCUT2D eigenvalue weighted by molar-refractivity contribution is 6.31. The van der Waals surface area contributed by atoms with Gasteiger partial charge in [-0.2, -0.15) is 0 Å². The highest BCUT2D eigenvalue weighted by Gasteiger charge is 2.26. The molecule has 0 amide bonds. The van der Waals surface area contributed by atoms with Crippen molar-refractivity contribution in [1.29, 1.82) is 0 Å². The maximum Gasteiger partial charge on any atom is 0.357 e. The minimum Gasteiger partial charge on any atom is -0.465 e. The zero-order chi connectivity index (χ0) is 19.4. The molecule has 6 nitrogen and oxygen atoms in total. The van der Waals surface area contributed by atoms with Gasteiger partial charge in [0.25, 0.3) is 0 Å². The molecular formula is C20H17ClN2O4. The third kappa shape index (κ3) is 3.71. The molecule has 3 aromatic rings. The van der Waals surface area contributed by atoms with Crippen molar-refractivity contribution in [2.45, 2.75) is 6.54 Å². The summed E-state index contributed by atoms with van der Waals surface area (Å²) in [5.41, 5.74) is 1.75. The smallest absolute Gasteiger partial charge is 0.357 e. The standard InChI is InChI=1S/C20H17ClN2O4/c1-26-19(24)16-17(22-11-12-7-3-5-9-14(12)21)13-8-4-6-10-15(13)23-18(16)20(25)27-2/h3-10H,11H2,1-2H3,(H,22,23). The maximum atomic E-state index is 12.5. The van der Waals surface area contributed by atoms with Crippen LogP contribution in [0.2, 0.25) is 5.02 Å². The van der Waals surface area contributed by atoms with Gasteiger partial charge in [0.1, 0.15) is 5.56 Å². The fourth-order valence-electron chi connectivity index (χ4n) is 2.77. The summed E-state index contributed by atoms with van der Waals surface area (Å²) < 4.78 is 9.68. The summed E-state index contributed by atoms with van der Waals surface area (Å²) in [6.07, 6.45) is 0. The molecule has 3 rings (SSSR count). The van der Waals surface area contributed by atoms with E-state index in [9.17, 15) is 9.59 Å². The Morgan fingerprint density at radius 2 is 1.67 bits per heavy atom. The first-order valence-corrected chi connectivity index (χ1v) is 8.51. The fraction of sp³-hybridized carbons (Fsp3) is 0.150. The molecule has 0 saturated heterocycles. The highest BCUT2D eigenvalue weighted by atomic mass is 35.5. The summed E-state index contributed by atoms with van der Waals surface area (Å²) in [7, 11) is 2.48. The Balaban J connectivity index is 2.19. The van der Waals surface area contributed by atoms with Crippen LogP contribution in [-0.4, -0.2) is 31.1 Å². The number of ether oxygens (including phenoxy) is 2. The van der Waals surface area contributed by atoms with E-state index in [1.165, 1.54) is 14.2 Å². The number of nitrogens with zero attached hydrogens (tertiary/aromatic N) is 1. The van der Waals surface area contributed by atoms with E-state index in [4.69, 9.17) is 21.1 Å². The van der Waals surface area contributed by atoms with Crippen LogP contribution >= 0.6 is 11.6 Å². The van der Waals surface area contributed by atoms with Gasteiger partial charge < -0.3 is 14.8 Å². The second-order valence-corrected chi connectivity index (χ2v) is 6.06. The second-order valence-electron chi connectivity index (χ2n) is 5.66. The molecule has 2 aromatic carbocycles. The lowest BCUT2D eigenvalue weighted by Crippen LogP contribution is -2.17. The number of aromatic nitrogens is 1. The first-order chi connectivity index (χ1) is 13.1. The van der Waals surface area contributed by atoms with E-state index in [1.54, 1.807) is 18.2 Å². The van der Waals surface area contributed by atoms with Gasteiger partial charge in [-0.3, -0.25) is 0 Å². The van der Waals surface area contributed by atoms with E-state index in [1.807, 2.05) is 30.3 Å². The second kappa shape index (κ2) is 8.05. The summed E-state index contributed by atoms with van der Waals surface area (Å²) in [6, 6.07) is 14.5. The topological polar surface area (TPSA) is 77.5 Å². The van der Waals surface area contributed by atoms with E-state index >= 15 is 0 Å². The number of anilines is 1. The Kier molecular flexibility index (Phi) is 5.57. The van der Waals surface area contributed by atoms with Crippen molar-refractivity contribution in [3.05, 3.63) is 70.4 Å². The van der Waals surface area contributed by atoms with Gasteiger partial charge in [-0.1, -0.05) is 48.0 Å². The van der Waals surface area contributed by atoms with Crippen LogP contribution in [-0.2, 0) is 16.0 Å². The SMILES string of the molecule is COC(=O)c1nc2ccccc2c(NCc2ccccc2Cl)c1C(=O)OC. The largest absolute Gasteiger partial charge is 0.465 e. The van der Waals surface area contributed by atoms with E-state index in [-0.39, 0.29) is 11.3 Å². The monoisotopic (exact) mass is 384 g/mol. The molecule has 0 unspecified atom stereocenters. The molecule has 27 heavy (non-hydrogen) atoms. The minimum atomic E-state index is -0.720. The van der Waals surface area contributed by atoms with Crippen molar-refractivity contribution in [3.63, 3.8) is 0 Å². The summed E-state index contributed by atoms with van der Waals surface area (Å²) >= 11 is 6.22. The van der Waals surface area contributed by atoms with Gasteiger partial charge in [0.15, 0.2) is 5.69 Å². The van der Waals surface area contributed by atoms with Gasteiger partial charge in [-0.25, -0.2) is 14.6 Å². The molecule has 0 atom stereocenters. The number of carbonyl (C=O) groups is 2. The van der Waals surface area contributed by atoms with Crippen LogP contribution < -0.4 is 5.32 Å². The number of fused-ring (bicyclic) bond motifs is 1. The number of hydrogen-bond acceptors (Lipinski definition) is 6. The van der Waals surface area contributed by atoms with Crippen LogP contribution in [0.1, 0.15) is 26.4 Å². The molecule has 0 saturated carbocycles. The van der Waals surface area contributed by atoms with E-state index in [0.717, 1.165) is 5.56 Å². The molecule has 0 radical (unpaired) electrons. The van der Waals surface area contributed by atoms with Crippen molar-refractivity contribution in [2.24, 2.45) is 0 Å². The molecule has 0 aliphatic heterocycles. The van der Waals surface area contributed by atoms with Crippen LogP contribution in [0.4, 0.5) is 5.69 Å². The molecule has 1 heterocycles. The Morgan fingerprint density at radius 3 is 2.37 bits per heavy atom. The predicted octanol–water partition coefficient (Wildman–Crippen LogP) is 4.07. The van der Waals surface area contributed by atoms with Crippen LogP contribution in [0, 0.1) is 0 Å². The fourth-order valence-corrected chi connectivity index (χ4v) is 2.97. The third-order valence-corrected chi connectivity index (χ3v) is 4.44. The number of benzene rings is 2.